The molecule has 138 valence electrons. The highest BCUT2D eigenvalue weighted by Crippen LogP contribution is 2.31. The van der Waals surface area contributed by atoms with Gasteiger partial charge in [-0.1, -0.05) is 48.9 Å². The van der Waals surface area contributed by atoms with Crippen molar-refractivity contribution in [2.45, 2.75) is 20.3 Å². The van der Waals surface area contributed by atoms with Gasteiger partial charge in [0.15, 0.2) is 5.65 Å². The number of pyridine rings is 1. The van der Waals surface area contributed by atoms with E-state index in [0.717, 1.165) is 40.0 Å². The van der Waals surface area contributed by atoms with Gasteiger partial charge in [0.05, 0.1) is 22.8 Å². The van der Waals surface area contributed by atoms with Crippen molar-refractivity contribution < 1.29 is 0 Å². The molecule has 0 unspecified atom stereocenters. The van der Waals surface area contributed by atoms with E-state index in [1.807, 2.05) is 59.9 Å². The summed E-state index contributed by atoms with van der Waals surface area (Å²) in [6, 6.07) is 17.7. The number of nitrogens with one attached hydrogen (secondary N) is 1. The van der Waals surface area contributed by atoms with Crippen molar-refractivity contribution in [1.82, 2.24) is 9.38 Å². The summed E-state index contributed by atoms with van der Waals surface area (Å²) < 4.78 is 1.98. The Hall–Kier alpha value is -3.36. The molecule has 2 heterocycles. The minimum atomic E-state index is 0.591. The molecule has 0 aliphatic carbocycles. The number of nitrogens with zero attached hydrogens (tertiary/aromatic N) is 4. The largest absolute Gasteiger partial charge is 0.276 e. The Morgan fingerprint density at radius 1 is 1.21 bits per heavy atom. The summed E-state index contributed by atoms with van der Waals surface area (Å²) in [7, 11) is 0. The molecule has 0 amide bonds. The Morgan fingerprint density at radius 2 is 1.96 bits per heavy atom. The quantitative estimate of drug-likeness (QED) is 0.380. The Balaban J connectivity index is 1.94. The molecule has 28 heavy (non-hydrogen) atoms. The van der Waals surface area contributed by atoms with Gasteiger partial charge in [0.1, 0.15) is 11.9 Å². The van der Waals surface area contributed by atoms with Crippen molar-refractivity contribution in [2.75, 3.05) is 5.43 Å². The molecule has 4 rings (SSSR count). The third-order valence-corrected chi connectivity index (χ3v) is 5.21. The monoisotopic (exact) mass is 387 g/mol. The molecule has 2 aromatic heterocycles. The van der Waals surface area contributed by atoms with Crippen LogP contribution in [0.5, 0.6) is 0 Å². The van der Waals surface area contributed by atoms with Crippen LogP contribution in [-0.2, 0) is 6.42 Å². The lowest BCUT2D eigenvalue weighted by atomic mass is 10.0. The molecule has 1 N–H and O–H groups in total. The van der Waals surface area contributed by atoms with Crippen molar-refractivity contribution >= 4 is 40.3 Å². The number of fused-ring (bicyclic) bond motifs is 3. The first-order valence-corrected chi connectivity index (χ1v) is 9.39. The Kier molecular flexibility index (Phi) is 4.72. The lowest BCUT2D eigenvalue weighted by Gasteiger charge is -2.15. The molecule has 0 aliphatic heterocycles. The number of hydrazone groups is 1. The molecular formula is C22H18ClN5. The number of halogens is 1. The van der Waals surface area contributed by atoms with E-state index < -0.39 is 0 Å². The number of nitriles is 1. The molecule has 2 aromatic carbocycles. The lowest BCUT2D eigenvalue weighted by molar-refractivity contribution is 1.04. The van der Waals surface area contributed by atoms with Crippen LogP contribution in [0, 0.1) is 18.3 Å². The van der Waals surface area contributed by atoms with Crippen molar-refractivity contribution in [3.63, 3.8) is 0 Å². The maximum absolute atomic E-state index is 9.74. The van der Waals surface area contributed by atoms with Crippen LogP contribution in [0.1, 0.15) is 29.2 Å². The van der Waals surface area contributed by atoms with Crippen LogP contribution in [-0.4, -0.2) is 15.6 Å². The topological polar surface area (TPSA) is 65.5 Å². The fourth-order valence-corrected chi connectivity index (χ4v) is 3.66. The van der Waals surface area contributed by atoms with Crippen LogP contribution in [0.3, 0.4) is 0 Å². The first-order chi connectivity index (χ1) is 13.7. The molecule has 6 heteroatoms. The molecule has 5 nitrogen and oxygen atoms in total. The third-order valence-electron chi connectivity index (χ3n) is 4.87. The van der Waals surface area contributed by atoms with Gasteiger partial charge in [0.25, 0.3) is 0 Å². The third kappa shape index (κ3) is 2.88. The zero-order chi connectivity index (χ0) is 19.7. The van der Waals surface area contributed by atoms with Gasteiger partial charge in [-0.05, 0) is 42.7 Å². The molecule has 0 saturated carbocycles. The van der Waals surface area contributed by atoms with Gasteiger partial charge in [0.2, 0.25) is 0 Å². The van der Waals surface area contributed by atoms with E-state index in [1.165, 1.54) is 0 Å². The van der Waals surface area contributed by atoms with Crippen molar-refractivity contribution in [3.8, 4) is 6.07 Å². The molecule has 0 spiro atoms. The van der Waals surface area contributed by atoms with E-state index in [4.69, 9.17) is 16.6 Å². The van der Waals surface area contributed by atoms with Crippen LogP contribution in [0.2, 0.25) is 5.02 Å². The summed E-state index contributed by atoms with van der Waals surface area (Å²) >= 11 is 6.21. The number of aromatic nitrogens is 2. The van der Waals surface area contributed by atoms with Crippen molar-refractivity contribution in [3.05, 3.63) is 75.8 Å². The summed E-state index contributed by atoms with van der Waals surface area (Å²) in [5, 5.41) is 14.8. The van der Waals surface area contributed by atoms with Gasteiger partial charge >= 0.3 is 0 Å². The van der Waals surface area contributed by atoms with Gasteiger partial charge < -0.3 is 0 Å². The summed E-state index contributed by atoms with van der Waals surface area (Å²) in [5.74, 6) is 0.811. The number of para-hydroxylation sites is 2. The summed E-state index contributed by atoms with van der Waals surface area (Å²) in [5.41, 5.74) is 8.95. The van der Waals surface area contributed by atoms with Crippen LogP contribution < -0.4 is 5.43 Å². The molecular weight excluding hydrogens is 370 g/mol. The van der Waals surface area contributed by atoms with E-state index in [9.17, 15) is 5.26 Å². The van der Waals surface area contributed by atoms with Gasteiger partial charge in [-0.25, -0.2) is 4.98 Å². The van der Waals surface area contributed by atoms with Crippen molar-refractivity contribution in [2.24, 2.45) is 5.10 Å². The van der Waals surface area contributed by atoms with Crippen LogP contribution in [0.15, 0.2) is 53.6 Å². The molecule has 4 aromatic rings. The van der Waals surface area contributed by atoms with Gasteiger partial charge in [-0.15, -0.1) is 0 Å². The number of rotatable bonds is 4. The summed E-state index contributed by atoms with van der Waals surface area (Å²) in [6.07, 6.45) is 2.45. The second-order valence-corrected chi connectivity index (χ2v) is 6.85. The summed E-state index contributed by atoms with van der Waals surface area (Å²) in [4.78, 5) is 4.69. The summed E-state index contributed by atoms with van der Waals surface area (Å²) in [6.45, 7) is 4.02. The van der Waals surface area contributed by atoms with Crippen molar-refractivity contribution in [1.29, 1.82) is 5.26 Å². The van der Waals surface area contributed by atoms with Crippen LogP contribution in [0.4, 0.5) is 5.82 Å². The highest BCUT2D eigenvalue weighted by atomic mass is 35.5. The Morgan fingerprint density at radius 3 is 2.71 bits per heavy atom. The molecule has 0 bridgehead atoms. The normalized spacial score (nSPS) is 11.4. The number of benzene rings is 2. The second-order valence-electron chi connectivity index (χ2n) is 6.44. The fraction of sp³-hybridized carbons (Fsp3) is 0.136. The number of imidazole rings is 1. The van der Waals surface area contributed by atoms with E-state index in [-0.39, 0.29) is 0 Å². The molecule has 0 aliphatic rings. The molecule has 0 fully saturated rings. The first-order valence-electron chi connectivity index (χ1n) is 9.02. The smallest absolute Gasteiger partial charge is 0.157 e. The van der Waals surface area contributed by atoms with E-state index in [2.05, 4.69) is 23.5 Å². The lowest BCUT2D eigenvalue weighted by Crippen LogP contribution is -2.07. The maximum atomic E-state index is 9.74. The Bertz CT molecular complexity index is 1260. The average molecular weight is 388 g/mol. The fourth-order valence-electron chi connectivity index (χ4n) is 3.48. The standard InChI is InChI=1S/C22H18ClN5/c1-3-16-14(2)17(12-24)21-26-19-10-6-7-11-20(19)28(21)22(16)27-25-13-15-8-4-5-9-18(15)23/h4-11,13,27H,3H2,1-2H3/b25-13+. The number of hydrogen-bond donors (Lipinski definition) is 1. The highest BCUT2D eigenvalue weighted by molar-refractivity contribution is 6.33. The van der Waals surface area contributed by atoms with Crippen LogP contribution in [0.25, 0.3) is 16.7 Å². The molecule has 0 atom stereocenters. The zero-order valence-electron chi connectivity index (χ0n) is 15.6. The van der Waals surface area contributed by atoms with E-state index in [0.29, 0.717) is 16.2 Å². The number of hydrogen-bond acceptors (Lipinski definition) is 4. The Labute approximate surface area is 167 Å². The predicted molar refractivity (Wildman–Crippen MR) is 114 cm³/mol. The van der Waals surface area contributed by atoms with Gasteiger partial charge in [-0.3, -0.25) is 9.83 Å². The van der Waals surface area contributed by atoms with E-state index >= 15 is 0 Å². The SMILES string of the molecule is CCc1c(C)c(C#N)c2nc3ccccc3n2c1N/N=C/c1ccccc1Cl. The average Bonchev–Trinajstić information content (AvgIpc) is 3.08. The highest BCUT2D eigenvalue weighted by Gasteiger charge is 2.19. The number of anilines is 1. The van der Waals surface area contributed by atoms with Gasteiger partial charge in [0, 0.05) is 10.6 Å². The zero-order valence-corrected chi connectivity index (χ0v) is 16.3. The van der Waals surface area contributed by atoms with Gasteiger partial charge in [-0.2, -0.15) is 10.4 Å². The van der Waals surface area contributed by atoms with E-state index in [1.54, 1.807) is 6.21 Å². The molecule has 0 radical (unpaired) electrons. The minimum Gasteiger partial charge on any atom is -0.276 e. The van der Waals surface area contributed by atoms with Crippen LogP contribution >= 0.6 is 11.6 Å². The maximum Gasteiger partial charge on any atom is 0.157 e. The minimum absolute atomic E-state index is 0.591. The first kappa shape index (κ1) is 18.0. The molecule has 0 saturated heterocycles. The predicted octanol–water partition coefficient (Wildman–Crippen LogP) is 5.33. The second kappa shape index (κ2) is 7.34.